The highest BCUT2D eigenvalue weighted by molar-refractivity contribution is 5.79. The minimum Gasteiger partial charge on any atom is -0.465 e. The molecule has 1 rings (SSSR count). The summed E-state index contributed by atoms with van der Waals surface area (Å²) in [6.45, 7) is 7.62. The van der Waals surface area contributed by atoms with Crippen LogP contribution < -0.4 is 0 Å². The Bertz CT molecular complexity index is 459. The largest absolute Gasteiger partial charge is 0.465 e. The van der Waals surface area contributed by atoms with Crippen LogP contribution in [0.15, 0.2) is 12.3 Å². The smallest absolute Gasteiger partial charge is 0.326 e. The van der Waals surface area contributed by atoms with Gasteiger partial charge in [0.25, 0.3) is 0 Å². The fourth-order valence-electron chi connectivity index (χ4n) is 1.57. The second-order valence-corrected chi connectivity index (χ2v) is 4.72. The van der Waals surface area contributed by atoms with Crippen molar-refractivity contribution in [3.8, 4) is 6.07 Å². The quantitative estimate of drug-likeness (QED) is 0.749. The van der Waals surface area contributed by atoms with Crippen LogP contribution in [0.3, 0.4) is 0 Å². The van der Waals surface area contributed by atoms with Crippen LogP contribution in [0.25, 0.3) is 0 Å². The van der Waals surface area contributed by atoms with Crippen molar-refractivity contribution in [2.45, 2.75) is 40.2 Å². The summed E-state index contributed by atoms with van der Waals surface area (Å²) in [7, 11) is 0. The van der Waals surface area contributed by atoms with E-state index in [1.54, 1.807) is 18.5 Å². The van der Waals surface area contributed by atoms with Gasteiger partial charge >= 0.3 is 5.97 Å². The summed E-state index contributed by atoms with van der Waals surface area (Å²) in [5, 5.41) is 13.5. The number of aromatic nitrogens is 2. The van der Waals surface area contributed by atoms with Crippen molar-refractivity contribution < 1.29 is 9.53 Å². The number of nitriles is 1. The standard InChI is InChI=1S/C13H19N3O2/c1-5-18-12(17)13(4,9-14)8-11-6-7-16(15-11)10(2)3/h6-7,10H,5,8H2,1-4H3. The summed E-state index contributed by atoms with van der Waals surface area (Å²) < 4.78 is 6.73. The van der Waals surface area contributed by atoms with Crippen molar-refractivity contribution in [3.05, 3.63) is 18.0 Å². The first-order valence-corrected chi connectivity index (χ1v) is 6.05. The molecule has 0 spiro atoms. The number of carbonyl (C=O) groups is 1. The highest BCUT2D eigenvalue weighted by atomic mass is 16.5. The molecule has 0 aliphatic heterocycles. The second-order valence-electron chi connectivity index (χ2n) is 4.72. The molecule has 0 bridgehead atoms. The Kier molecular flexibility index (Phi) is 4.49. The van der Waals surface area contributed by atoms with Gasteiger partial charge in [0.15, 0.2) is 5.41 Å². The van der Waals surface area contributed by atoms with E-state index in [9.17, 15) is 10.1 Å². The van der Waals surface area contributed by atoms with Crippen molar-refractivity contribution in [1.29, 1.82) is 5.26 Å². The molecule has 5 heteroatoms. The fraction of sp³-hybridized carbons (Fsp3) is 0.615. The van der Waals surface area contributed by atoms with Crippen LogP contribution in [0, 0.1) is 16.7 Å². The summed E-state index contributed by atoms with van der Waals surface area (Å²) in [4.78, 5) is 11.8. The summed E-state index contributed by atoms with van der Waals surface area (Å²) in [6, 6.07) is 4.11. The van der Waals surface area contributed by atoms with E-state index in [0.717, 1.165) is 5.69 Å². The molecule has 0 aromatic carbocycles. The zero-order valence-corrected chi connectivity index (χ0v) is 11.3. The molecule has 1 aromatic rings. The van der Waals surface area contributed by atoms with Crippen molar-refractivity contribution in [1.82, 2.24) is 9.78 Å². The molecule has 1 heterocycles. The molecule has 18 heavy (non-hydrogen) atoms. The molecule has 0 aliphatic carbocycles. The van der Waals surface area contributed by atoms with E-state index >= 15 is 0 Å². The zero-order chi connectivity index (χ0) is 13.8. The van der Waals surface area contributed by atoms with Crippen LogP contribution >= 0.6 is 0 Å². The van der Waals surface area contributed by atoms with Crippen molar-refractivity contribution in [2.24, 2.45) is 5.41 Å². The van der Waals surface area contributed by atoms with Gasteiger partial charge in [0.05, 0.1) is 18.4 Å². The van der Waals surface area contributed by atoms with Gasteiger partial charge < -0.3 is 4.74 Å². The minimum absolute atomic E-state index is 0.259. The van der Waals surface area contributed by atoms with Crippen molar-refractivity contribution in [3.63, 3.8) is 0 Å². The number of esters is 1. The van der Waals surface area contributed by atoms with Crippen molar-refractivity contribution in [2.75, 3.05) is 6.61 Å². The van der Waals surface area contributed by atoms with Crippen LogP contribution in [-0.2, 0) is 16.0 Å². The van der Waals surface area contributed by atoms with Gasteiger partial charge in [0, 0.05) is 18.7 Å². The Hall–Kier alpha value is -1.83. The number of ether oxygens (including phenoxy) is 1. The molecular formula is C13H19N3O2. The molecule has 0 saturated carbocycles. The van der Waals surface area contributed by atoms with Gasteiger partial charge in [-0.1, -0.05) is 0 Å². The van der Waals surface area contributed by atoms with Gasteiger partial charge in [-0.25, -0.2) is 0 Å². The van der Waals surface area contributed by atoms with E-state index in [2.05, 4.69) is 5.10 Å². The molecule has 1 aromatic heterocycles. The lowest BCUT2D eigenvalue weighted by molar-refractivity contribution is -0.151. The third kappa shape index (κ3) is 3.10. The molecular weight excluding hydrogens is 230 g/mol. The molecule has 0 radical (unpaired) electrons. The topological polar surface area (TPSA) is 67.9 Å². The maximum absolute atomic E-state index is 11.8. The summed E-state index contributed by atoms with van der Waals surface area (Å²) in [5.74, 6) is -0.494. The molecule has 0 aliphatic rings. The normalized spacial score (nSPS) is 14.0. The SMILES string of the molecule is CCOC(=O)C(C)(C#N)Cc1ccn(C(C)C)n1. The van der Waals surface area contributed by atoms with Crippen LogP contribution in [0.2, 0.25) is 0 Å². The minimum atomic E-state index is -1.17. The van der Waals surface area contributed by atoms with Gasteiger partial charge in [-0.2, -0.15) is 10.4 Å². The lowest BCUT2D eigenvalue weighted by Gasteiger charge is -2.18. The molecule has 0 N–H and O–H groups in total. The van der Waals surface area contributed by atoms with E-state index in [1.807, 2.05) is 32.2 Å². The summed E-state index contributed by atoms with van der Waals surface area (Å²) >= 11 is 0. The van der Waals surface area contributed by atoms with E-state index in [0.29, 0.717) is 0 Å². The van der Waals surface area contributed by atoms with Gasteiger partial charge in [-0.3, -0.25) is 9.48 Å². The molecule has 0 amide bonds. The van der Waals surface area contributed by atoms with Gasteiger partial charge in [0.2, 0.25) is 0 Å². The molecule has 98 valence electrons. The first kappa shape index (κ1) is 14.2. The lowest BCUT2D eigenvalue weighted by atomic mass is 9.87. The molecule has 1 atom stereocenters. The average molecular weight is 249 g/mol. The second kappa shape index (κ2) is 5.67. The maximum atomic E-state index is 11.8. The Morgan fingerprint density at radius 2 is 2.33 bits per heavy atom. The Morgan fingerprint density at radius 1 is 1.67 bits per heavy atom. The number of hydrogen-bond donors (Lipinski definition) is 0. The van der Waals surface area contributed by atoms with Crippen LogP contribution in [0.4, 0.5) is 0 Å². The monoisotopic (exact) mass is 249 g/mol. The number of carbonyl (C=O) groups excluding carboxylic acids is 1. The van der Waals surface area contributed by atoms with Crippen LogP contribution in [-0.4, -0.2) is 22.4 Å². The van der Waals surface area contributed by atoms with Crippen LogP contribution in [0.1, 0.15) is 39.4 Å². The predicted octanol–water partition coefficient (Wildman–Crippen LogP) is 2.10. The van der Waals surface area contributed by atoms with E-state index < -0.39 is 11.4 Å². The maximum Gasteiger partial charge on any atom is 0.326 e. The van der Waals surface area contributed by atoms with Crippen LogP contribution in [0.5, 0.6) is 0 Å². The third-order valence-electron chi connectivity index (χ3n) is 2.70. The van der Waals surface area contributed by atoms with Gasteiger partial charge in [0.1, 0.15) is 0 Å². The molecule has 0 saturated heterocycles. The molecule has 1 unspecified atom stereocenters. The zero-order valence-electron chi connectivity index (χ0n) is 11.3. The Labute approximate surface area is 107 Å². The van der Waals surface area contributed by atoms with Crippen molar-refractivity contribution >= 4 is 5.97 Å². The van der Waals surface area contributed by atoms with Gasteiger partial charge in [-0.05, 0) is 33.8 Å². The highest BCUT2D eigenvalue weighted by Gasteiger charge is 2.36. The fourth-order valence-corrected chi connectivity index (χ4v) is 1.57. The summed E-state index contributed by atoms with van der Waals surface area (Å²) in [5.41, 5.74) is -0.451. The first-order chi connectivity index (χ1) is 8.42. The Balaban J connectivity index is 2.85. The van der Waals surface area contributed by atoms with E-state index in [1.165, 1.54) is 0 Å². The van der Waals surface area contributed by atoms with E-state index in [4.69, 9.17) is 4.74 Å². The molecule has 0 fully saturated rings. The predicted molar refractivity (Wildman–Crippen MR) is 66.7 cm³/mol. The van der Waals surface area contributed by atoms with Gasteiger partial charge in [-0.15, -0.1) is 0 Å². The lowest BCUT2D eigenvalue weighted by Crippen LogP contribution is -2.31. The molecule has 5 nitrogen and oxygen atoms in total. The number of rotatable bonds is 5. The Morgan fingerprint density at radius 3 is 2.78 bits per heavy atom. The van der Waals surface area contributed by atoms with E-state index in [-0.39, 0.29) is 19.1 Å². The first-order valence-electron chi connectivity index (χ1n) is 6.05. The third-order valence-corrected chi connectivity index (χ3v) is 2.70. The summed E-state index contributed by atoms with van der Waals surface area (Å²) in [6.07, 6.45) is 2.12. The highest BCUT2D eigenvalue weighted by Crippen LogP contribution is 2.23. The number of nitrogens with zero attached hydrogens (tertiary/aromatic N) is 3. The average Bonchev–Trinajstić information content (AvgIpc) is 2.77. The number of hydrogen-bond acceptors (Lipinski definition) is 4.